The minimum Gasteiger partial charge on any atom is -0.464 e. The second-order valence-corrected chi connectivity index (χ2v) is 6.58. The summed E-state index contributed by atoms with van der Waals surface area (Å²) in [5.41, 5.74) is 6.11. The monoisotopic (exact) mass is 403 g/mol. The number of hydrogen-bond donors (Lipinski definition) is 3. The number of hydrogen-bond acceptors (Lipinski definition) is 6. The van der Waals surface area contributed by atoms with Gasteiger partial charge in [-0.25, -0.2) is 4.98 Å². The minimum absolute atomic E-state index is 0.103. The number of nitrogens with zero attached hydrogens (tertiary/aromatic N) is 2. The van der Waals surface area contributed by atoms with Crippen LogP contribution in [0.3, 0.4) is 0 Å². The van der Waals surface area contributed by atoms with E-state index in [1.54, 1.807) is 38.2 Å². The third kappa shape index (κ3) is 5.45. The van der Waals surface area contributed by atoms with Gasteiger partial charge < -0.3 is 21.1 Å². The SMILES string of the molecule is C#CCOc1nc(Nc2cccc(NC(=O)C(C)(C)N)c2)ncc1Br. The fourth-order valence-electron chi connectivity index (χ4n) is 1.72. The van der Waals surface area contributed by atoms with Gasteiger partial charge in [0.05, 0.1) is 16.2 Å². The van der Waals surface area contributed by atoms with Gasteiger partial charge in [0.2, 0.25) is 17.7 Å². The molecule has 0 unspecified atom stereocenters. The van der Waals surface area contributed by atoms with Gasteiger partial charge in [-0.1, -0.05) is 12.0 Å². The highest BCUT2D eigenvalue weighted by Gasteiger charge is 2.21. The lowest BCUT2D eigenvalue weighted by Gasteiger charge is -2.18. The van der Waals surface area contributed by atoms with Gasteiger partial charge in [-0.3, -0.25) is 4.79 Å². The van der Waals surface area contributed by atoms with Gasteiger partial charge in [0.25, 0.3) is 0 Å². The van der Waals surface area contributed by atoms with Crippen LogP contribution in [0.15, 0.2) is 34.9 Å². The molecule has 130 valence electrons. The first-order chi connectivity index (χ1) is 11.8. The summed E-state index contributed by atoms with van der Waals surface area (Å²) in [6.07, 6.45) is 6.74. The van der Waals surface area contributed by atoms with Crippen molar-refractivity contribution >= 4 is 39.2 Å². The lowest BCUT2D eigenvalue weighted by molar-refractivity contribution is -0.120. The summed E-state index contributed by atoms with van der Waals surface area (Å²) in [7, 11) is 0. The first-order valence-electron chi connectivity index (χ1n) is 7.36. The van der Waals surface area contributed by atoms with Gasteiger partial charge in [-0.05, 0) is 48.0 Å². The molecule has 2 rings (SSSR count). The van der Waals surface area contributed by atoms with E-state index >= 15 is 0 Å². The topological polar surface area (TPSA) is 102 Å². The molecule has 0 spiro atoms. The molecule has 0 radical (unpaired) electrons. The molecule has 0 bridgehead atoms. The summed E-state index contributed by atoms with van der Waals surface area (Å²) in [6.45, 7) is 3.38. The van der Waals surface area contributed by atoms with Crippen LogP contribution in [-0.4, -0.2) is 28.0 Å². The van der Waals surface area contributed by atoms with Crippen LogP contribution in [0.2, 0.25) is 0 Å². The molecule has 4 N–H and O–H groups in total. The lowest BCUT2D eigenvalue weighted by Crippen LogP contribution is -2.45. The Kier molecular flexibility index (Phi) is 5.96. The van der Waals surface area contributed by atoms with Crippen LogP contribution in [0.25, 0.3) is 0 Å². The number of nitrogens with one attached hydrogen (secondary N) is 2. The number of nitrogens with two attached hydrogens (primary N) is 1. The Labute approximate surface area is 154 Å². The first-order valence-corrected chi connectivity index (χ1v) is 8.15. The number of carbonyl (C=O) groups excluding carboxylic acids is 1. The predicted octanol–water partition coefficient (Wildman–Crippen LogP) is 2.67. The van der Waals surface area contributed by atoms with Crippen molar-refractivity contribution in [3.05, 3.63) is 34.9 Å². The van der Waals surface area contributed by atoms with Gasteiger partial charge in [0, 0.05) is 11.4 Å². The molecule has 0 fully saturated rings. The molecule has 1 amide bonds. The largest absolute Gasteiger partial charge is 0.464 e. The number of rotatable bonds is 6. The van der Waals surface area contributed by atoms with Crippen molar-refractivity contribution in [3.63, 3.8) is 0 Å². The minimum atomic E-state index is -0.971. The summed E-state index contributed by atoms with van der Waals surface area (Å²) >= 11 is 3.30. The Bertz CT molecular complexity index is 811. The maximum atomic E-state index is 12.0. The molecule has 1 aromatic heterocycles. The number of aromatic nitrogens is 2. The van der Waals surface area contributed by atoms with E-state index in [1.807, 2.05) is 6.07 Å². The van der Waals surface area contributed by atoms with Crippen LogP contribution in [0.5, 0.6) is 5.88 Å². The number of halogens is 1. The molecule has 7 nitrogen and oxygen atoms in total. The number of amides is 1. The fourth-order valence-corrected chi connectivity index (χ4v) is 2.02. The van der Waals surface area contributed by atoms with E-state index in [2.05, 4.69) is 42.5 Å². The molecule has 0 atom stereocenters. The van der Waals surface area contributed by atoms with Crippen molar-refractivity contribution in [1.29, 1.82) is 0 Å². The van der Waals surface area contributed by atoms with Gasteiger partial charge >= 0.3 is 0 Å². The molecule has 0 saturated carbocycles. The van der Waals surface area contributed by atoms with Crippen LogP contribution >= 0.6 is 15.9 Å². The molecule has 1 aromatic carbocycles. The van der Waals surface area contributed by atoms with Crippen molar-refractivity contribution in [2.24, 2.45) is 5.73 Å². The van der Waals surface area contributed by atoms with Crippen molar-refractivity contribution < 1.29 is 9.53 Å². The van der Waals surface area contributed by atoms with E-state index in [4.69, 9.17) is 16.9 Å². The molecule has 25 heavy (non-hydrogen) atoms. The molecule has 0 aliphatic rings. The molecular formula is C17H18BrN5O2. The Morgan fingerprint density at radius 1 is 1.44 bits per heavy atom. The zero-order chi connectivity index (χ0) is 18.4. The lowest BCUT2D eigenvalue weighted by atomic mass is 10.1. The van der Waals surface area contributed by atoms with E-state index < -0.39 is 5.54 Å². The van der Waals surface area contributed by atoms with E-state index in [-0.39, 0.29) is 12.5 Å². The summed E-state index contributed by atoms with van der Waals surface area (Å²) < 4.78 is 5.93. The molecule has 0 aliphatic heterocycles. The highest BCUT2D eigenvalue weighted by molar-refractivity contribution is 9.10. The summed E-state index contributed by atoms with van der Waals surface area (Å²) in [4.78, 5) is 20.4. The molecule has 2 aromatic rings. The van der Waals surface area contributed by atoms with E-state index in [1.165, 1.54) is 0 Å². The van der Waals surface area contributed by atoms with E-state index in [0.29, 0.717) is 27.7 Å². The van der Waals surface area contributed by atoms with Crippen LogP contribution in [0, 0.1) is 12.3 Å². The zero-order valence-corrected chi connectivity index (χ0v) is 15.4. The molecule has 0 aliphatic carbocycles. The second-order valence-electron chi connectivity index (χ2n) is 5.72. The maximum Gasteiger partial charge on any atom is 0.243 e. The molecule has 0 saturated heterocycles. The van der Waals surface area contributed by atoms with Crippen LogP contribution < -0.4 is 21.1 Å². The third-order valence-corrected chi connectivity index (χ3v) is 3.51. The third-order valence-electron chi connectivity index (χ3n) is 2.97. The van der Waals surface area contributed by atoms with E-state index in [0.717, 1.165) is 0 Å². The fraction of sp³-hybridized carbons (Fsp3) is 0.235. The van der Waals surface area contributed by atoms with Crippen molar-refractivity contribution in [2.45, 2.75) is 19.4 Å². The highest BCUT2D eigenvalue weighted by atomic mass is 79.9. The summed E-state index contributed by atoms with van der Waals surface area (Å²) in [5.74, 6) is 2.76. The maximum absolute atomic E-state index is 12.0. The zero-order valence-electron chi connectivity index (χ0n) is 13.8. The number of anilines is 3. The molecule has 1 heterocycles. The Morgan fingerprint density at radius 3 is 2.84 bits per heavy atom. The van der Waals surface area contributed by atoms with Crippen LogP contribution in [-0.2, 0) is 4.79 Å². The van der Waals surface area contributed by atoms with Gasteiger partial charge in [0.15, 0.2) is 6.61 Å². The smallest absolute Gasteiger partial charge is 0.243 e. The van der Waals surface area contributed by atoms with Gasteiger partial charge in [0.1, 0.15) is 0 Å². The molecule has 8 heteroatoms. The van der Waals surface area contributed by atoms with Crippen molar-refractivity contribution in [2.75, 3.05) is 17.2 Å². The Morgan fingerprint density at radius 2 is 2.16 bits per heavy atom. The number of terminal acetylenes is 1. The highest BCUT2D eigenvalue weighted by Crippen LogP contribution is 2.24. The number of benzene rings is 1. The first kappa shape index (κ1) is 18.7. The average molecular weight is 404 g/mol. The quantitative estimate of drug-likeness (QED) is 0.640. The standard InChI is InChI=1S/C17H18BrN5O2/c1-4-8-25-14-13(18)10-20-16(23-14)22-12-7-5-6-11(9-12)21-15(24)17(2,3)19/h1,5-7,9-10H,8,19H2,2-3H3,(H,21,24)(H,20,22,23). The number of ether oxygens (including phenoxy) is 1. The Hall–Kier alpha value is -2.63. The van der Waals surface area contributed by atoms with E-state index in [9.17, 15) is 4.79 Å². The van der Waals surface area contributed by atoms with Gasteiger partial charge in [-0.2, -0.15) is 4.98 Å². The number of carbonyl (C=O) groups is 1. The van der Waals surface area contributed by atoms with Crippen molar-refractivity contribution in [1.82, 2.24) is 9.97 Å². The Balaban J connectivity index is 2.14. The molecular weight excluding hydrogens is 386 g/mol. The summed E-state index contributed by atoms with van der Waals surface area (Å²) in [6, 6.07) is 7.11. The van der Waals surface area contributed by atoms with Crippen LogP contribution in [0.1, 0.15) is 13.8 Å². The normalized spacial score (nSPS) is 10.7. The second kappa shape index (κ2) is 7.96. The predicted molar refractivity (Wildman–Crippen MR) is 101 cm³/mol. The van der Waals surface area contributed by atoms with Crippen molar-refractivity contribution in [3.8, 4) is 18.2 Å². The summed E-state index contributed by atoms with van der Waals surface area (Å²) in [5, 5.41) is 5.80. The van der Waals surface area contributed by atoms with Crippen LogP contribution in [0.4, 0.5) is 17.3 Å². The van der Waals surface area contributed by atoms with Gasteiger partial charge in [-0.15, -0.1) is 6.42 Å². The average Bonchev–Trinajstić information content (AvgIpc) is 2.55.